The van der Waals surface area contributed by atoms with Gasteiger partial charge in [0.1, 0.15) is 5.65 Å². The summed E-state index contributed by atoms with van der Waals surface area (Å²) in [6, 6.07) is 7.67. The van der Waals surface area contributed by atoms with Crippen LogP contribution >= 0.6 is 11.3 Å². The molecule has 4 rings (SSSR count). The van der Waals surface area contributed by atoms with E-state index in [1.165, 1.54) is 18.4 Å². The van der Waals surface area contributed by atoms with Gasteiger partial charge < -0.3 is 10.1 Å². The summed E-state index contributed by atoms with van der Waals surface area (Å²) in [5.41, 5.74) is 3.62. The number of nitrogens with one attached hydrogen (secondary N) is 1. The second-order valence-electron chi connectivity index (χ2n) is 5.39. The average molecular weight is 366 g/mol. The fraction of sp³-hybridized carbons (Fsp3) is 0.118. The van der Waals surface area contributed by atoms with Crippen LogP contribution in [0, 0.1) is 6.92 Å². The first-order valence-corrected chi connectivity index (χ1v) is 8.61. The summed E-state index contributed by atoms with van der Waals surface area (Å²) in [6.07, 6.45) is 3.62. The lowest BCUT2D eigenvalue weighted by atomic mass is 10.2. The average Bonchev–Trinajstić information content (AvgIpc) is 3.24. The number of pyridine rings is 1. The van der Waals surface area contributed by atoms with Crippen molar-refractivity contribution in [2.24, 2.45) is 0 Å². The van der Waals surface area contributed by atoms with Crippen LogP contribution in [-0.2, 0) is 4.74 Å². The summed E-state index contributed by atoms with van der Waals surface area (Å²) in [5.74, 6) is -0.0936. The number of ether oxygens (including phenoxy) is 1. The van der Waals surface area contributed by atoms with Gasteiger partial charge in [-0.3, -0.25) is 4.40 Å². The van der Waals surface area contributed by atoms with Gasteiger partial charge in [-0.15, -0.1) is 11.3 Å². The molecule has 4 aromatic rings. The minimum atomic E-state index is -0.481. The maximum Gasteiger partial charge on any atom is 0.357 e. The molecule has 0 aliphatic rings. The number of thiazole rings is 1. The molecule has 4 heterocycles. The van der Waals surface area contributed by atoms with E-state index in [1.807, 2.05) is 41.8 Å². The Bertz CT molecular complexity index is 1100. The lowest BCUT2D eigenvalue weighted by Gasteiger charge is -2.05. The molecule has 0 unspecified atom stereocenters. The number of aryl methyl sites for hydroxylation is 1. The number of hydrogen-bond donors (Lipinski definition) is 1. The van der Waals surface area contributed by atoms with Gasteiger partial charge in [-0.2, -0.15) is 0 Å². The highest BCUT2D eigenvalue weighted by molar-refractivity contribution is 7.14. The van der Waals surface area contributed by atoms with E-state index in [4.69, 9.17) is 0 Å². The zero-order valence-electron chi connectivity index (χ0n) is 14.0. The van der Waals surface area contributed by atoms with Crippen molar-refractivity contribution in [3.63, 3.8) is 0 Å². The lowest BCUT2D eigenvalue weighted by Crippen LogP contribution is -2.03. The van der Waals surface area contributed by atoms with Crippen molar-refractivity contribution in [1.82, 2.24) is 24.3 Å². The molecule has 4 aromatic heterocycles. The molecule has 9 heteroatoms. The number of carbonyl (C=O) groups excluding carboxylic acids is 1. The van der Waals surface area contributed by atoms with Crippen LogP contribution < -0.4 is 5.32 Å². The summed E-state index contributed by atoms with van der Waals surface area (Å²) in [6.45, 7) is 1.95. The lowest BCUT2D eigenvalue weighted by molar-refractivity contribution is 0.0595. The fourth-order valence-electron chi connectivity index (χ4n) is 2.60. The minimum Gasteiger partial charge on any atom is -0.464 e. The van der Waals surface area contributed by atoms with E-state index < -0.39 is 5.97 Å². The molecule has 0 aromatic carbocycles. The summed E-state index contributed by atoms with van der Waals surface area (Å²) < 4.78 is 6.64. The van der Waals surface area contributed by atoms with Gasteiger partial charge in [0.05, 0.1) is 24.2 Å². The van der Waals surface area contributed by atoms with Crippen LogP contribution in [0.1, 0.15) is 16.2 Å². The Morgan fingerprint density at radius 1 is 1.23 bits per heavy atom. The van der Waals surface area contributed by atoms with Crippen molar-refractivity contribution < 1.29 is 9.53 Å². The molecule has 1 N–H and O–H groups in total. The molecule has 0 radical (unpaired) electrons. The molecule has 0 saturated carbocycles. The van der Waals surface area contributed by atoms with Crippen LogP contribution in [0.4, 0.5) is 11.1 Å². The summed E-state index contributed by atoms with van der Waals surface area (Å²) in [4.78, 5) is 29.0. The van der Waals surface area contributed by atoms with Crippen molar-refractivity contribution in [3.05, 3.63) is 53.4 Å². The van der Waals surface area contributed by atoms with E-state index in [1.54, 1.807) is 11.6 Å². The summed E-state index contributed by atoms with van der Waals surface area (Å²) in [5, 5.41) is 5.15. The van der Waals surface area contributed by atoms with Crippen LogP contribution in [0.5, 0.6) is 0 Å². The number of esters is 1. The van der Waals surface area contributed by atoms with Crippen molar-refractivity contribution >= 4 is 34.0 Å². The van der Waals surface area contributed by atoms with Gasteiger partial charge in [-0.05, 0) is 25.1 Å². The maximum absolute atomic E-state index is 11.5. The van der Waals surface area contributed by atoms with Crippen LogP contribution in [0.15, 0.2) is 42.0 Å². The number of fused-ring (bicyclic) bond motifs is 1. The normalized spacial score (nSPS) is 10.8. The molecule has 0 aliphatic carbocycles. The van der Waals surface area contributed by atoms with Crippen LogP contribution in [0.2, 0.25) is 0 Å². The van der Waals surface area contributed by atoms with Gasteiger partial charge in [0.2, 0.25) is 5.95 Å². The zero-order valence-corrected chi connectivity index (χ0v) is 14.8. The smallest absolute Gasteiger partial charge is 0.357 e. The Balaban J connectivity index is 1.67. The number of nitrogens with zero attached hydrogens (tertiary/aromatic N) is 5. The molecule has 0 fully saturated rings. The number of carbonyl (C=O) groups is 1. The standard InChI is InChI=1S/C17H14N6O2S/c1-10-14(23-8-4-3-5-13(23)19-10)11-6-7-18-16(20-11)22-17-21-12(9-26-17)15(24)25-2/h3-9H,1-2H3,(H,18,20,21,22). The van der Waals surface area contributed by atoms with E-state index in [-0.39, 0.29) is 5.69 Å². The Labute approximate surface area is 152 Å². The number of imidazole rings is 1. The van der Waals surface area contributed by atoms with E-state index in [0.717, 1.165) is 22.7 Å². The first kappa shape index (κ1) is 16.2. The first-order chi connectivity index (χ1) is 12.7. The van der Waals surface area contributed by atoms with E-state index in [2.05, 4.69) is 30.0 Å². The molecule has 8 nitrogen and oxygen atoms in total. The molecule has 130 valence electrons. The Kier molecular flexibility index (Phi) is 4.05. The van der Waals surface area contributed by atoms with Crippen molar-refractivity contribution in [2.75, 3.05) is 12.4 Å². The van der Waals surface area contributed by atoms with Gasteiger partial charge in [0, 0.05) is 17.8 Å². The van der Waals surface area contributed by atoms with E-state index >= 15 is 0 Å². The zero-order chi connectivity index (χ0) is 18.1. The highest BCUT2D eigenvalue weighted by Crippen LogP contribution is 2.25. The molecule has 0 spiro atoms. The van der Waals surface area contributed by atoms with E-state index in [0.29, 0.717) is 11.1 Å². The molecule has 0 bridgehead atoms. The number of aromatic nitrogens is 5. The summed E-state index contributed by atoms with van der Waals surface area (Å²) in [7, 11) is 1.32. The Morgan fingerprint density at radius 3 is 2.96 bits per heavy atom. The molecular weight excluding hydrogens is 352 g/mol. The van der Waals surface area contributed by atoms with E-state index in [9.17, 15) is 4.79 Å². The van der Waals surface area contributed by atoms with Crippen molar-refractivity contribution in [2.45, 2.75) is 6.92 Å². The topological polar surface area (TPSA) is 94.3 Å². The third-order valence-corrected chi connectivity index (χ3v) is 4.48. The minimum absolute atomic E-state index is 0.244. The number of methoxy groups -OCH3 is 1. The maximum atomic E-state index is 11.5. The number of anilines is 2. The third kappa shape index (κ3) is 2.88. The van der Waals surface area contributed by atoms with Gasteiger partial charge in [0.15, 0.2) is 10.8 Å². The largest absolute Gasteiger partial charge is 0.464 e. The highest BCUT2D eigenvalue weighted by Gasteiger charge is 2.14. The molecule has 0 amide bonds. The molecule has 0 aliphatic heterocycles. The first-order valence-electron chi connectivity index (χ1n) is 7.73. The Morgan fingerprint density at radius 2 is 2.12 bits per heavy atom. The molecule has 0 atom stereocenters. The molecule has 26 heavy (non-hydrogen) atoms. The third-order valence-electron chi connectivity index (χ3n) is 3.72. The van der Waals surface area contributed by atoms with Crippen LogP contribution in [0.25, 0.3) is 17.0 Å². The van der Waals surface area contributed by atoms with Crippen molar-refractivity contribution in [1.29, 1.82) is 0 Å². The predicted octanol–water partition coefficient (Wildman–Crippen LogP) is 3.09. The fourth-order valence-corrected chi connectivity index (χ4v) is 3.27. The molecular formula is C17H14N6O2S. The van der Waals surface area contributed by atoms with Crippen LogP contribution in [0.3, 0.4) is 0 Å². The monoisotopic (exact) mass is 366 g/mol. The van der Waals surface area contributed by atoms with Gasteiger partial charge in [0.25, 0.3) is 0 Å². The van der Waals surface area contributed by atoms with Crippen molar-refractivity contribution in [3.8, 4) is 11.4 Å². The second-order valence-corrected chi connectivity index (χ2v) is 6.25. The predicted molar refractivity (Wildman–Crippen MR) is 97.7 cm³/mol. The Hall–Kier alpha value is -3.33. The van der Waals surface area contributed by atoms with Gasteiger partial charge in [-0.25, -0.2) is 24.7 Å². The second kappa shape index (κ2) is 6.52. The summed E-state index contributed by atoms with van der Waals surface area (Å²) >= 11 is 1.28. The highest BCUT2D eigenvalue weighted by atomic mass is 32.1. The SMILES string of the molecule is COC(=O)c1csc(Nc2nccc(-c3c(C)nc4ccccn34)n2)n1. The van der Waals surface area contributed by atoms with Gasteiger partial charge in [-0.1, -0.05) is 6.07 Å². The van der Waals surface area contributed by atoms with Gasteiger partial charge >= 0.3 is 5.97 Å². The quantitative estimate of drug-likeness (QED) is 0.555. The number of hydrogen-bond acceptors (Lipinski definition) is 8. The number of rotatable bonds is 4. The van der Waals surface area contributed by atoms with Crippen LogP contribution in [-0.4, -0.2) is 37.4 Å². The molecule has 0 saturated heterocycles.